The van der Waals surface area contributed by atoms with Gasteiger partial charge in [0.2, 0.25) is 0 Å². The third kappa shape index (κ3) is 4.46. The maximum atomic E-state index is 4.75. The summed E-state index contributed by atoms with van der Waals surface area (Å²) in [6.07, 6.45) is 6.83. The minimum absolute atomic E-state index is 0.761. The molecule has 0 amide bonds. The first-order valence-corrected chi connectivity index (χ1v) is 8.61. The zero-order valence-corrected chi connectivity index (χ0v) is 12.9. The summed E-state index contributed by atoms with van der Waals surface area (Å²) in [4.78, 5) is 9.27. The summed E-state index contributed by atoms with van der Waals surface area (Å²) in [7, 11) is 0. The summed E-state index contributed by atoms with van der Waals surface area (Å²) in [5.41, 5.74) is 2.67. The molecule has 1 aliphatic rings. The van der Waals surface area contributed by atoms with Gasteiger partial charge >= 0.3 is 0 Å². The molecule has 0 fully saturated rings. The molecular weight excluding hydrogens is 254 g/mol. The van der Waals surface area contributed by atoms with Crippen molar-refractivity contribution < 1.29 is 0 Å². The van der Waals surface area contributed by atoms with Crippen LogP contribution < -0.4 is 5.32 Å². The quantitative estimate of drug-likeness (QED) is 0.779. The van der Waals surface area contributed by atoms with Gasteiger partial charge in [0.25, 0.3) is 0 Å². The lowest BCUT2D eigenvalue weighted by Crippen LogP contribution is -2.27. The molecule has 1 aromatic heterocycles. The van der Waals surface area contributed by atoms with Crippen molar-refractivity contribution in [2.75, 3.05) is 18.8 Å². The van der Waals surface area contributed by atoms with Crippen molar-refractivity contribution >= 4 is 11.8 Å². The highest BCUT2D eigenvalue weighted by Crippen LogP contribution is 2.24. The smallest absolute Gasteiger partial charge is 0.138 e. The molecule has 0 spiro atoms. The fourth-order valence-electron chi connectivity index (χ4n) is 2.52. The summed E-state index contributed by atoms with van der Waals surface area (Å²) in [6, 6.07) is 0. The number of aryl methyl sites for hydroxylation is 1. The highest BCUT2D eigenvalue weighted by molar-refractivity contribution is 7.98. The second-order valence-electron chi connectivity index (χ2n) is 5.23. The molecular formula is C15H25N3S. The van der Waals surface area contributed by atoms with Crippen molar-refractivity contribution in [3.05, 3.63) is 23.3 Å². The Kier molecular flexibility index (Phi) is 6.11. The Bertz CT molecular complexity index is 395. The number of nitrogens with zero attached hydrogens (tertiary/aromatic N) is 2. The van der Waals surface area contributed by atoms with Crippen molar-refractivity contribution in [2.24, 2.45) is 5.92 Å². The van der Waals surface area contributed by atoms with Gasteiger partial charge in [-0.15, -0.1) is 0 Å². The topological polar surface area (TPSA) is 37.8 Å². The van der Waals surface area contributed by atoms with Crippen molar-refractivity contribution in [1.82, 2.24) is 15.3 Å². The van der Waals surface area contributed by atoms with E-state index in [0.29, 0.717) is 0 Å². The highest BCUT2D eigenvalue weighted by atomic mass is 32.2. The number of hydrogen-bond acceptors (Lipinski definition) is 4. The summed E-state index contributed by atoms with van der Waals surface area (Å²) in [5.74, 6) is 3.94. The van der Waals surface area contributed by atoms with Gasteiger partial charge in [0, 0.05) is 11.9 Å². The van der Waals surface area contributed by atoms with E-state index in [4.69, 9.17) is 4.98 Å². The number of nitrogens with one attached hydrogen (secondary N) is 1. The minimum Gasteiger partial charge on any atom is -0.317 e. The van der Waals surface area contributed by atoms with Crippen LogP contribution >= 0.6 is 11.8 Å². The first kappa shape index (κ1) is 14.8. The molecule has 0 saturated carbocycles. The molecule has 3 nitrogen and oxygen atoms in total. The van der Waals surface area contributed by atoms with Crippen LogP contribution in [0.3, 0.4) is 0 Å². The number of thioether (sulfide) groups is 1. The van der Waals surface area contributed by atoms with E-state index in [1.54, 1.807) is 0 Å². The van der Waals surface area contributed by atoms with E-state index in [2.05, 4.69) is 30.3 Å². The summed E-state index contributed by atoms with van der Waals surface area (Å²) >= 11 is 1.93. The predicted molar refractivity (Wildman–Crippen MR) is 82.5 cm³/mol. The fourth-order valence-corrected chi connectivity index (χ4v) is 3.28. The van der Waals surface area contributed by atoms with Gasteiger partial charge in [-0.25, -0.2) is 9.97 Å². The third-order valence-electron chi connectivity index (χ3n) is 3.56. The van der Waals surface area contributed by atoms with Crippen molar-refractivity contribution in [2.45, 2.75) is 45.3 Å². The van der Waals surface area contributed by atoms with Crippen LogP contribution in [0.1, 0.15) is 43.8 Å². The summed E-state index contributed by atoms with van der Waals surface area (Å²) in [5, 5.41) is 3.45. The Labute approximate surface area is 121 Å². The number of fused-ring (bicyclic) bond motifs is 1. The van der Waals surface area contributed by atoms with E-state index in [0.717, 1.165) is 43.4 Å². The van der Waals surface area contributed by atoms with Gasteiger partial charge in [-0.3, -0.25) is 0 Å². The van der Waals surface area contributed by atoms with E-state index < -0.39 is 0 Å². The highest BCUT2D eigenvalue weighted by Gasteiger charge is 2.20. The average Bonchev–Trinajstić information content (AvgIpc) is 2.45. The van der Waals surface area contributed by atoms with Gasteiger partial charge in [0.1, 0.15) is 5.82 Å². The van der Waals surface area contributed by atoms with Crippen molar-refractivity contribution in [3.63, 3.8) is 0 Å². The van der Waals surface area contributed by atoms with Crippen LogP contribution in [0.4, 0.5) is 0 Å². The lowest BCUT2D eigenvalue weighted by Gasteiger charge is -2.24. The molecule has 4 heteroatoms. The molecule has 0 aromatic carbocycles. The van der Waals surface area contributed by atoms with Gasteiger partial charge in [-0.2, -0.15) is 11.8 Å². The first-order valence-electron chi connectivity index (χ1n) is 7.45. The van der Waals surface area contributed by atoms with Crippen LogP contribution in [0, 0.1) is 5.92 Å². The molecule has 1 aromatic rings. The molecule has 1 heterocycles. The zero-order valence-electron chi connectivity index (χ0n) is 12.1. The number of rotatable bonds is 7. The second-order valence-corrected chi connectivity index (χ2v) is 6.33. The molecule has 106 valence electrons. The Hall–Kier alpha value is -0.610. The standard InChI is InChI=1S/C15H25N3S/c1-3-7-19-11-15-17-10-13-8-12(9-16-4-2)5-6-14(13)18-15/h10,12,16H,3-9,11H2,1-2H3. The lowest BCUT2D eigenvalue weighted by molar-refractivity contribution is 0.424. The van der Waals surface area contributed by atoms with Crippen molar-refractivity contribution in [3.8, 4) is 0 Å². The monoisotopic (exact) mass is 279 g/mol. The molecule has 2 rings (SSSR count). The SMILES string of the molecule is CCCSCc1ncc2c(n1)CCC(CNCC)C2. The largest absolute Gasteiger partial charge is 0.317 e. The molecule has 0 aliphatic heterocycles. The van der Waals surface area contributed by atoms with E-state index in [1.807, 2.05) is 11.8 Å². The van der Waals surface area contributed by atoms with Crippen LogP contribution in [0.5, 0.6) is 0 Å². The Balaban J connectivity index is 1.92. The number of aromatic nitrogens is 2. The summed E-state index contributed by atoms with van der Waals surface area (Å²) < 4.78 is 0. The van der Waals surface area contributed by atoms with Crippen LogP contribution in [0.25, 0.3) is 0 Å². The molecule has 1 aliphatic carbocycles. The molecule has 19 heavy (non-hydrogen) atoms. The molecule has 0 radical (unpaired) electrons. The van der Waals surface area contributed by atoms with Crippen LogP contribution in [-0.2, 0) is 18.6 Å². The van der Waals surface area contributed by atoms with E-state index >= 15 is 0 Å². The van der Waals surface area contributed by atoms with Crippen LogP contribution in [-0.4, -0.2) is 28.8 Å². The maximum absolute atomic E-state index is 4.75. The molecule has 1 N–H and O–H groups in total. The van der Waals surface area contributed by atoms with Gasteiger partial charge in [-0.05, 0) is 56.0 Å². The van der Waals surface area contributed by atoms with E-state index in [-0.39, 0.29) is 0 Å². The Morgan fingerprint density at radius 2 is 2.32 bits per heavy atom. The second kappa shape index (κ2) is 7.85. The molecule has 1 atom stereocenters. The molecule has 1 unspecified atom stereocenters. The zero-order chi connectivity index (χ0) is 13.5. The molecule has 0 bridgehead atoms. The molecule has 0 saturated heterocycles. The van der Waals surface area contributed by atoms with Gasteiger partial charge < -0.3 is 5.32 Å². The predicted octanol–water partition coefficient (Wildman–Crippen LogP) is 2.83. The van der Waals surface area contributed by atoms with Crippen molar-refractivity contribution in [1.29, 1.82) is 0 Å². The normalized spacial score (nSPS) is 18.3. The number of hydrogen-bond donors (Lipinski definition) is 1. The third-order valence-corrected chi connectivity index (χ3v) is 4.72. The van der Waals surface area contributed by atoms with Gasteiger partial charge in [0.15, 0.2) is 0 Å². The fraction of sp³-hybridized carbons (Fsp3) is 0.733. The van der Waals surface area contributed by atoms with E-state index in [9.17, 15) is 0 Å². The van der Waals surface area contributed by atoms with Crippen LogP contribution in [0.2, 0.25) is 0 Å². The van der Waals surface area contributed by atoms with E-state index in [1.165, 1.54) is 29.9 Å². The Morgan fingerprint density at radius 1 is 1.42 bits per heavy atom. The van der Waals surface area contributed by atoms with Gasteiger partial charge in [0.05, 0.1) is 5.75 Å². The first-order chi connectivity index (χ1) is 9.33. The van der Waals surface area contributed by atoms with Gasteiger partial charge in [-0.1, -0.05) is 13.8 Å². The average molecular weight is 279 g/mol. The summed E-state index contributed by atoms with van der Waals surface area (Å²) in [6.45, 7) is 6.57. The van der Waals surface area contributed by atoms with Crippen LogP contribution in [0.15, 0.2) is 6.20 Å². The Morgan fingerprint density at radius 3 is 3.11 bits per heavy atom. The maximum Gasteiger partial charge on any atom is 0.138 e. The lowest BCUT2D eigenvalue weighted by atomic mass is 9.87. The minimum atomic E-state index is 0.761.